The summed E-state index contributed by atoms with van der Waals surface area (Å²) in [4.78, 5) is 14.4. The molecule has 2 aromatic rings. The van der Waals surface area contributed by atoms with Gasteiger partial charge in [0.1, 0.15) is 0 Å². The molecule has 23 heavy (non-hydrogen) atoms. The van der Waals surface area contributed by atoms with Crippen LogP contribution in [-0.2, 0) is 4.79 Å². The first-order valence-electron chi connectivity index (χ1n) is 8.36. The first-order valence-corrected chi connectivity index (χ1v) is 9.34. The number of quaternary nitrogens is 1. The zero-order valence-corrected chi connectivity index (χ0v) is 14.8. The Morgan fingerprint density at radius 2 is 1.39 bits per heavy atom. The smallest absolute Gasteiger partial charge is 0.201 e. The summed E-state index contributed by atoms with van der Waals surface area (Å²) >= 11 is 1.47. The maximum atomic E-state index is 12.9. The first kappa shape index (κ1) is 17.8. The molecule has 0 unspecified atom stereocenters. The third-order valence-electron chi connectivity index (χ3n) is 4.20. The van der Waals surface area contributed by atoms with Crippen molar-refractivity contribution in [3.05, 3.63) is 71.8 Å². The van der Waals surface area contributed by atoms with Gasteiger partial charge in [0.2, 0.25) is 5.12 Å². The van der Waals surface area contributed by atoms with Crippen LogP contribution in [0, 0.1) is 0 Å². The van der Waals surface area contributed by atoms with Gasteiger partial charge < -0.3 is 4.90 Å². The van der Waals surface area contributed by atoms with Gasteiger partial charge in [-0.2, -0.15) is 0 Å². The number of carbonyl (C=O) groups excluding carboxylic acids is 1. The van der Waals surface area contributed by atoms with Gasteiger partial charge in [-0.1, -0.05) is 72.4 Å². The predicted octanol–water partition coefficient (Wildman–Crippen LogP) is 3.00. The van der Waals surface area contributed by atoms with Gasteiger partial charge in [0.05, 0.1) is 31.3 Å². The summed E-state index contributed by atoms with van der Waals surface area (Å²) in [5, 5.41) is 0.244. The second-order valence-corrected chi connectivity index (χ2v) is 6.73. The molecule has 0 saturated heterocycles. The highest BCUT2D eigenvalue weighted by atomic mass is 32.2. The van der Waals surface area contributed by atoms with Crippen LogP contribution < -0.4 is 4.90 Å². The van der Waals surface area contributed by atoms with Crippen molar-refractivity contribution in [1.29, 1.82) is 0 Å². The summed E-state index contributed by atoms with van der Waals surface area (Å²) in [7, 11) is 0. The fourth-order valence-electron chi connectivity index (χ4n) is 2.74. The Morgan fingerprint density at radius 3 is 1.83 bits per heavy atom. The van der Waals surface area contributed by atoms with Gasteiger partial charge in [-0.05, 0) is 25.0 Å². The molecule has 0 spiro atoms. The van der Waals surface area contributed by atoms with E-state index in [1.807, 2.05) is 60.7 Å². The van der Waals surface area contributed by atoms with E-state index in [1.54, 1.807) is 4.90 Å². The van der Waals surface area contributed by atoms with Gasteiger partial charge in [-0.25, -0.2) is 0 Å². The van der Waals surface area contributed by atoms with Crippen LogP contribution in [0.4, 0.5) is 0 Å². The summed E-state index contributed by atoms with van der Waals surface area (Å²) in [6.45, 7) is 7.67. The standard InChI is InChI=1S/C20H25NOS/c1-3-21(4-2)15-16-23-20(22)19(17-11-7-5-8-12-17)18-13-9-6-10-14-18/h5-14,19H,3-4,15-16H2,1-2H3/p+1. The highest BCUT2D eigenvalue weighted by Gasteiger charge is 2.23. The van der Waals surface area contributed by atoms with E-state index in [9.17, 15) is 4.79 Å². The Labute approximate surface area is 143 Å². The van der Waals surface area contributed by atoms with Crippen molar-refractivity contribution in [1.82, 2.24) is 0 Å². The molecule has 122 valence electrons. The molecule has 0 heterocycles. The number of carbonyl (C=O) groups is 1. The van der Waals surface area contributed by atoms with E-state index < -0.39 is 0 Å². The van der Waals surface area contributed by atoms with Crippen molar-refractivity contribution in [3.63, 3.8) is 0 Å². The van der Waals surface area contributed by atoms with Gasteiger partial charge in [0, 0.05) is 0 Å². The second-order valence-electron chi connectivity index (χ2n) is 5.63. The molecule has 0 aliphatic heterocycles. The Hall–Kier alpha value is -1.58. The van der Waals surface area contributed by atoms with Crippen LogP contribution in [0.3, 0.4) is 0 Å². The number of thioether (sulfide) groups is 1. The number of hydrogen-bond donors (Lipinski definition) is 1. The summed E-state index contributed by atoms with van der Waals surface area (Å²) in [6.07, 6.45) is 0. The minimum Gasteiger partial charge on any atom is -0.335 e. The van der Waals surface area contributed by atoms with Crippen molar-refractivity contribution < 1.29 is 9.69 Å². The van der Waals surface area contributed by atoms with Crippen LogP contribution in [-0.4, -0.2) is 30.5 Å². The number of benzene rings is 2. The van der Waals surface area contributed by atoms with Gasteiger partial charge in [0.15, 0.2) is 0 Å². The van der Waals surface area contributed by atoms with Gasteiger partial charge >= 0.3 is 0 Å². The van der Waals surface area contributed by atoms with Crippen LogP contribution in [0.15, 0.2) is 60.7 Å². The zero-order chi connectivity index (χ0) is 16.5. The molecule has 2 nitrogen and oxygen atoms in total. The summed E-state index contributed by atoms with van der Waals surface area (Å²) in [5.74, 6) is 0.709. The van der Waals surface area contributed by atoms with E-state index in [2.05, 4.69) is 13.8 Å². The van der Waals surface area contributed by atoms with Crippen molar-refractivity contribution in [3.8, 4) is 0 Å². The van der Waals surface area contributed by atoms with E-state index in [0.717, 1.165) is 36.5 Å². The Balaban J connectivity index is 2.10. The molecule has 0 aliphatic rings. The van der Waals surface area contributed by atoms with Gasteiger partial charge in [-0.3, -0.25) is 4.79 Å². The minimum absolute atomic E-state index is 0.172. The molecular formula is C20H26NOS+. The lowest BCUT2D eigenvalue weighted by molar-refractivity contribution is -0.893. The average molecular weight is 329 g/mol. The quantitative estimate of drug-likeness (QED) is 0.804. The lowest BCUT2D eigenvalue weighted by Crippen LogP contribution is -3.11. The molecule has 0 saturated carbocycles. The van der Waals surface area contributed by atoms with Crippen LogP contribution in [0.5, 0.6) is 0 Å². The minimum atomic E-state index is -0.172. The maximum absolute atomic E-state index is 12.9. The van der Waals surface area contributed by atoms with Gasteiger partial charge in [-0.15, -0.1) is 0 Å². The highest BCUT2D eigenvalue weighted by Crippen LogP contribution is 2.29. The van der Waals surface area contributed by atoms with Gasteiger partial charge in [0.25, 0.3) is 0 Å². The number of hydrogen-bond acceptors (Lipinski definition) is 2. The fourth-order valence-corrected chi connectivity index (χ4v) is 3.77. The normalized spacial score (nSPS) is 11.1. The molecule has 3 heteroatoms. The van der Waals surface area contributed by atoms with E-state index in [-0.39, 0.29) is 11.0 Å². The third-order valence-corrected chi connectivity index (χ3v) is 5.13. The lowest BCUT2D eigenvalue weighted by Gasteiger charge is -2.18. The second kappa shape index (κ2) is 9.53. The van der Waals surface area contributed by atoms with Crippen molar-refractivity contribution in [2.75, 3.05) is 25.4 Å². The average Bonchev–Trinajstić information content (AvgIpc) is 2.61. The monoisotopic (exact) mass is 328 g/mol. The molecule has 0 aromatic heterocycles. The largest absolute Gasteiger partial charge is 0.335 e. The zero-order valence-electron chi connectivity index (χ0n) is 14.0. The molecule has 2 rings (SSSR count). The number of rotatable bonds is 8. The molecule has 0 aliphatic carbocycles. The first-order chi connectivity index (χ1) is 11.3. The van der Waals surface area contributed by atoms with Crippen LogP contribution >= 0.6 is 11.8 Å². The predicted molar refractivity (Wildman–Crippen MR) is 99.1 cm³/mol. The Bertz CT molecular complexity index is 542. The SMILES string of the molecule is CC[NH+](CC)CCSC(=O)C(c1ccccc1)c1ccccc1. The van der Waals surface area contributed by atoms with E-state index in [4.69, 9.17) is 0 Å². The highest BCUT2D eigenvalue weighted by molar-refractivity contribution is 8.13. The summed E-state index contributed by atoms with van der Waals surface area (Å²) in [6, 6.07) is 20.2. The fraction of sp³-hybridized carbons (Fsp3) is 0.350. The molecular weight excluding hydrogens is 302 g/mol. The Morgan fingerprint density at radius 1 is 0.913 bits per heavy atom. The molecule has 2 aromatic carbocycles. The molecule has 1 N–H and O–H groups in total. The third kappa shape index (κ3) is 5.22. The molecule has 0 bridgehead atoms. The molecule has 0 fully saturated rings. The van der Waals surface area contributed by atoms with E-state index >= 15 is 0 Å². The summed E-state index contributed by atoms with van der Waals surface area (Å²) < 4.78 is 0. The Kier molecular flexibility index (Phi) is 7.37. The van der Waals surface area contributed by atoms with Crippen LogP contribution in [0.2, 0.25) is 0 Å². The van der Waals surface area contributed by atoms with Crippen LogP contribution in [0.25, 0.3) is 0 Å². The van der Waals surface area contributed by atoms with Crippen molar-refractivity contribution in [2.45, 2.75) is 19.8 Å². The molecule has 0 amide bonds. The molecule has 0 atom stereocenters. The van der Waals surface area contributed by atoms with E-state index in [0.29, 0.717) is 0 Å². The van der Waals surface area contributed by atoms with Crippen molar-refractivity contribution in [2.24, 2.45) is 0 Å². The summed E-state index contributed by atoms with van der Waals surface area (Å²) in [5.41, 5.74) is 2.15. The topological polar surface area (TPSA) is 21.5 Å². The number of nitrogens with one attached hydrogen (secondary N) is 1. The van der Waals surface area contributed by atoms with Crippen molar-refractivity contribution >= 4 is 16.9 Å². The molecule has 0 radical (unpaired) electrons. The van der Waals surface area contributed by atoms with E-state index in [1.165, 1.54) is 11.8 Å². The van der Waals surface area contributed by atoms with Crippen LogP contribution in [0.1, 0.15) is 30.9 Å². The maximum Gasteiger partial charge on any atom is 0.201 e. The lowest BCUT2D eigenvalue weighted by atomic mass is 9.92.